The molecule has 1 amide bonds. The van der Waals surface area contributed by atoms with E-state index in [-0.39, 0.29) is 12.3 Å². The lowest BCUT2D eigenvalue weighted by Crippen LogP contribution is -2.30. The minimum atomic E-state index is -1.04. The summed E-state index contributed by atoms with van der Waals surface area (Å²) in [6.07, 6.45) is -1.30. The number of rotatable bonds is 9. The van der Waals surface area contributed by atoms with E-state index in [1.807, 2.05) is 55.5 Å². The van der Waals surface area contributed by atoms with E-state index in [4.69, 9.17) is 14.3 Å². The third-order valence-electron chi connectivity index (χ3n) is 6.23. The Balaban J connectivity index is 1.46. The molecule has 200 valence electrons. The van der Waals surface area contributed by atoms with Crippen LogP contribution in [0.1, 0.15) is 41.5 Å². The molecule has 1 fully saturated rings. The van der Waals surface area contributed by atoms with Gasteiger partial charge in [0.1, 0.15) is 6.17 Å². The van der Waals surface area contributed by atoms with Gasteiger partial charge in [0.2, 0.25) is 0 Å². The van der Waals surface area contributed by atoms with Gasteiger partial charge in [0.15, 0.2) is 6.73 Å². The van der Waals surface area contributed by atoms with Crippen molar-refractivity contribution in [3.05, 3.63) is 83.4 Å². The van der Waals surface area contributed by atoms with Crippen LogP contribution in [0.5, 0.6) is 6.01 Å². The summed E-state index contributed by atoms with van der Waals surface area (Å²) >= 11 is 0. The fraction of sp³-hybridized carbons (Fsp3) is 0.214. The number of benzene rings is 3. The first-order chi connectivity index (χ1) is 18.9. The Morgan fingerprint density at radius 3 is 2.56 bits per heavy atom. The van der Waals surface area contributed by atoms with Gasteiger partial charge in [-0.3, -0.25) is 14.7 Å². The number of carbonyl (C=O) groups is 3. The number of fused-ring (bicyclic) bond motifs is 1. The average Bonchev–Trinajstić information content (AvgIpc) is 3.47. The molecule has 5 rings (SSSR count). The van der Waals surface area contributed by atoms with Gasteiger partial charge in [-0.15, -0.1) is 0 Å². The summed E-state index contributed by atoms with van der Waals surface area (Å²) in [5.74, 6) is -1.53. The van der Waals surface area contributed by atoms with Crippen LogP contribution in [-0.4, -0.2) is 51.1 Å². The number of amides is 1. The van der Waals surface area contributed by atoms with Gasteiger partial charge in [-0.25, -0.2) is 9.59 Å². The zero-order valence-corrected chi connectivity index (χ0v) is 21.3. The number of nitrogens with one attached hydrogen (secondary N) is 1. The lowest BCUT2D eigenvalue weighted by atomic mass is 9.97. The summed E-state index contributed by atoms with van der Waals surface area (Å²) in [6.45, 7) is 3.64. The van der Waals surface area contributed by atoms with Crippen LogP contribution in [0, 0.1) is 0 Å². The molecule has 39 heavy (non-hydrogen) atoms. The molecule has 1 aliphatic heterocycles. The third-order valence-corrected chi connectivity index (χ3v) is 6.23. The quantitative estimate of drug-likeness (QED) is 0.304. The van der Waals surface area contributed by atoms with Gasteiger partial charge < -0.3 is 19.4 Å². The highest BCUT2D eigenvalue weighted by atomic mass is 16.8. The minimum Gasteiger partial charge on any atom is -0.478 e. The van der Waals surface area contributed by atoms with Crippen molar-refractivity contribution in [1.82, 2.24) is 19.9 Å². The topological polar surface area (TPSA) is 132 Å². The zero-order chi connectivity index (χ0) is 27.5. The number of aromatic nitrogens is 2. The molecule has 1 aliphatic rings. The molecule has 0 saturated carbocycles. The fourth-order valence-electron chi connectivity index (χ4n) is 4.55. The Kier molecular flexibility index (Phi) is 7.15. The molecule has 2 heterocycles. The number of ether oxygens (including phenoxy) is 2. The predicted molar refractivity (Wildman–Crippen MR) is 140 cm³/mol. The van der Waals surface area contributed by atoms with E-state index < -0.39 is 24.2 Å². The number of hydrogen-bond donors (Lipinski definition) is 2. The molecule has 0 spiro atoms. The van der Waals surface area contributed by atoms with Gasteiger partial charge in [-0.2, -0.15) is 4.98 Å². The molecule has 4 aromatic rings. The second-order valence-electron chi connectivity index (χ2n) is 8.78. The highest BCUT2D eigenvalue weighted by Crippen LogP contribution is 2.33. The van der Waals surface area contributed by atoms with Gasteiger partial charge >= 0.3 is 18.0 Å². The Morgan fingerprint density at radius 2 is 1.85 bits per heavy atom. The monoisotopic (exact) mass is 530 g/mol. The number of esters is 1. The summed E-state index contributed by atoms with van der Waals surface area (Å²) in [5, 5.41) is 13.8. The lowest BCUT2D eigenvalue weighted by molar-refractivity contribution is -0.177. The van der Waals surface area contributed by atoms with Gasteiger partial charge in [0.25, 0.3) is 6.01 Å². The molecule has 1 unspecified atom stereocenters. The molecule has 0 radical (unpaired) electrons. The van der Waals surface area contributed by atoms with Crippen molar-refractivity contribution in [3.8, 4) is 17.1 Å². The van der Waals surface area contributed by atoms with Crippen LogP contribution >= 0.6 is 0 Å². The van der Waals surface area contributed by atoms with E-state index in [0.717, 1.165) is 22.3 Å². The van der Waals surface area contributed by atoms with Crippen molar-refractivity contribution in [3.63, 3.8) is 0 Å². The molecule has 1 aromatic heterocycles. The SMILES string of the molecule is CCOc1nc2cccc(C(=O)O)c2n1Cc1ccc(-c2ccccc2C2NC(=O)ON2COC(C)=O)cc1. The van der Waals surface area contributed by atoms with Crippen molar-refractivity contribution >= 4 is 29.1 Å². The van der Waals surface area contributed by atoms with E-state index in [1.165, 1.54) is 12.0 Å². The smallest absolute Gasteiger partial charge is 0.428 e. The van der Waals surface area contributed by atoms with Crippen molar-refractivity contribution < 1.29 is 33.8 Å². The predicted octanol–water partition coefficient (Wildman–Crippen LogP) is 4.32. The van der Waals surface area contributed by atoms with Crippen LogP contribution in [-0.2, 0) is 20.9 Å². The fourth-order valence-corrected chi connectivity index (χ4v) is 4.55. The molecular weight excluding hydrogens is 504 g/mol. The number of hydroxylamine groups is 2. The molecule has 1 saturated heterocycles. The Bertz CT molecular complexity index is 1550. The third kappa shape index (κ3) is 5.25. The molecule has 1 atom stereocenters. The minimum absolute atomic E-state index is 0.149. The largest absolute Gasteiger partial charge is 0.478 e. The standard InChI is InChI=1S/C28H26N4O7/c1-3-37-27-29-23-10-6-9-22(26(34)35)24(23)31(27)15-18-11-13-19(14-12-18)20-7-4-5-8-21(20)25-30-28(36)39-32(25)16-38-17(2)33/h4-14,25H,3,15-16H2,1-2H3,(H,30,36)(H,34,35). The second-order valence-corrected chi connectivity index (χ2v) is 8.78. The number of carboxylic acid groups (broad SMARTS) is 1. The highest BCUT2D eigenvalue weighted by molar-refractivity contribution is 6.01. The van der Waals surface area contributed by atoms with Crippen molar-refractivity contribution in [2.24, 2.45) is 0 Å². The Morgan fingerprint density at radius 1 is 1.08 bits per heavy atom. The number of carboxylic acids is 1. The highest BCUT2D eigenvalue weighted by Gasteiger charge is 2.35. The van der Waals surface area contributed by atoms with E-state index >= 15 is 0 Å². The van der Waals surface area contributed by atoms with Crippen LogP contribution in [0.2, 0.25) is 0 Å². The van der Waals surface area contributed by atoms with Gasteiger partial charge in [-0.1, -0.05) is 59.7 Å². The maximum atomic E-state index is 12.0. The Hall–Kier alpha value is -4.90. The first kappa shape index (κ1) is 25.7. The lowest BCUT2D eigenvalue weighted by Gasteiger charge is -2.22. The molecule has 0 bridgehead atoms. The van der Waals surface area contributed by atoms with Crippen LogP contribution in [0.15, 0.2) is 66.7 Å². The summed E-state index contributed by atoms with van der Waals surface area (Å²) in [6, 6.07) is 20.6. The van der Waals surface area contributed by atoms with Crippen LogP contribution in [0.25, 0.3) is 22.2 Å². The molecule has 3 aromatic carbocycles. The van der Waals surface area contributed by atoms with E-state index in [1.54, 1.807) is 22.8 Å². The average molecular weight is 531 g/mol. The first-order valence-electron chi connectivity index (χ1n) is 12.3. The van der Waals surface area contributed by atoms with Gasteiger partial charge in [0, 0.05) is 12.5 Å². The summed E-state index contributed by atoms with van der Waals surface area (Å²) in [5.41, 5.74) is 4.59. The number of carbonyl (C=O) groups excluding carboxylic acids is 2. The number of nitrogens with zero attached hydrogens (tertiary/aromatic N) is 3. The zero-order valence-electron chi connectivity index (χ0n) is 21.3. The molecule has 0 aliphatic carbocycles. The van der Waals surface area contributed by atoms with Crippen molar-refractivity contribution in [2.75, 3.05) is 13.3 Å². The molecule has 11 heteroatoms. The van der Waals surface area contributed by atoms with E-state index in [2.05, 4.69) is 10.3 Å². The second kappa shape index (κ2) is 10.8. The normalized spacial score (nSPS) is 15.1. The molecule has 2 N–H and O–H groups in total. The summed E-state index contributed by atoms with van der Waals surface area (Å²) < 4.78 is 12.5. The molecular formula is C28H26N4O7. The number of imidazole rings is 1. The van der Waals surface area contributed by atoms with Crippen LogP contribution in [0.3, 0.4) is 0 Å². The van der Waals surface area contributed by atoms with Crippen LogP contribution in [0.4, 0.5) is 4.79 Å². The number of aromatic carboxylic acids is 1. The van der Waals surface area contributed by atoms with Gasteiger partial charge in [0.05, 0.1) is 29.7 Å². The first-order valence-corrected chi connectivity index (χ1v) is 12.3. The van der Waals surface area contributed by atoms with E-state index in [0.29, 0.717) is 30.2 Å². The number of hydrogen-bond acceptors (Lipinski definition) is 8. The van der Waals surface area contributed by atoms with Crippen molar-refractivity contribution in [1.29, 1.82) is 0 Å². The van der Waals surface area contributed by atoms with E-state index in [9.17, 15) is 19.5 Å². The van der Waals surface area contributed by atoms with Crippen LogP contribution < -0.4 is 10.1 Å². The summed E-state index contributed by atoms with van der Waals surface area (Å²) in [7, 11) is 0. The summed E-state index contributed by atoms with van der Waals surface area (Å²) in [4.78, 5) is 44.9. The molecule has 11 nitrogen and oxygen atoms in total. The maximum Gasteiger partial charge on any atom is 0.428 e. The van der Waals surface area contributed by atoms with Gasteiger partial charge in [-0.05, 0) is 35.7 Å². The maximum absolute atomic E-state index is 12.0. The Labute approximate surface area is 223 Å². The number of para-hydroxylation sites is 1. The van der Waals surface area contributed by atoms with Crippen molar-refractivity contribution in [2.45, 2.75) is 26.6 Å².